The number of rotatable bonds is 6. The van der Waals surface area contributed by atoms with Gasteiger partial charge in [0, 0.05) is 11.5 Å². The van der Waals surface area contributed by atoms with Crippen LogP contribution in [0.4, 0.5) is 0 Å². The molecule has 0 radical (unpaired) electrons. The van der Waals surface area contributed by atoms with Crippen LogP contribution in [0.2, 0.25) is 0 Å². The number of hydrazone groups is 1. The predicted molar refractivity (Wildman–Crippen MR) is 101 cm³/mol. The molecule has 0 atom stereocenters. The minimum absolute atomic E-state index is 0.0357. The van der Waals surface area contributed by atoms with Gasteiger partial charge in [-0.2, -0.15) is 5.10 Å². The van der Waals surface area contributed by atoms with E-state index in [-0.39, 0.29) is 9.99 Å². The number of amides is 1. The zero-order chi connectivity index (χ0) is 16.9. The van der Waals surface area contributed by atoms with Crippen molar-refractivity contribution >= 4 is 51.6 Å². The molecule has 0 aliphatic carbocycles. The third-order valence-electron chi connectivity index (χ3n) is 3.24. The number of nitrogens with one attached hydrogen (secondary N) is 1. The van der Waals surface area contributed by atoms with E-state index in [1.54, 1.807) is 26.5 Å². The molecule has 8 heteroatoms. The Morgan fingerprint density at radius 1 is 1.39 bits per heavy atom. The number of benzene rings is 1. The molecule has 1 aromatic rings. The first-order valence-electron chi connectivity index (χ1n) is 6.99. The number of carbonyl (C=O) groups excluding carboxylic acids is 1. The maximum Gasteiger partial charge on any atom is 0.242 e. The van der Waals surface area contributed by atoms with E-state index in [2.05, 4.69) is 33.4 Å². The smallest absolute Gasteiger partial charge is 0.242 e. The van der Waals surface area contributed by atoms with E-state index in [0.29, 0.717) is 17.9 Å². The Kier molecular flexibility index (Phi) is 6.67. The number of nitrogens with zero attached hydrogens (tertiary/aromatic N) is 1. The van der Waals surface area contributed by atoms with Gasteiger partial charge < -0.3 is 9.47 Å². The van der Waals surface area contributed by atoms with Gasteiger partial charge in [-0.3, -0.25) is 4.79 Å². The fourth-order valence-electron chi connectivity index (χ4n) is 2.18. The van der Waals surface area contributed by atoms with Crippen LogP contribution in [0, 0.1) is 0 Å². The molecule has 126 valence electrons. The minimum atomic E-state index is -0.0785. The largest absolute Gasteiger partial charge is 0.493 e. The summed E-state index contributed by atoms with van der Waals surface area (Å²) in [6.07, 6.45) is 2.04. The second-order valence-electron chi connectivity index (χ2n) is 5.04. The lowest BCUT2D eigenvalue weighted by molar-refractivity contribution is -0.121. The van der Waals surface area contributed by atoms with Crippen molar-refractivity contribution in [2.24, 2.45) is 5.10 Å². The average molecular weight is 419 g/mol. The second kappa shape index (κ2) is 8.30. The maximum absolute atomic E-state index is 12.0. The number of carbonyl (C=O) groups is 1. The summed E-state index contributed by atoms with van der Waals surface area (Å²) in [5.41, 5.74) is 3.38. The Morgan fingerprint density at radius 3 is 2.70 bits per heavy atom. The lowest BCUT2D eigenvalue weighted by Gasteiger charge is -2.19. The van der Waals surface area contributed by atoms with Gasteiger partial charge >= 0.3 is 0 Å². The Bertz CT molecular complexity index is 605. The van der Waals surface area contributed by atoms with Crippen molar-refractivity contribution in [3.63, 3.8) is 0 Å². The van der Waals surface area contributed by atoms with Crippen LogP contribution in [0.15, 0.2) is 21.7 Å². The molecular formula is C15H19BrN2O3S2. The van der Waals surface area contributed by atoms with Crippen molar-refractivity contribution < 1.29 is 14.3 Å². The minimum Gasteiger partial charge on any atom is -0.493 e. The normalized spacial score (nSPS) is 16.5. The molecule has 1 aromatic carbocycles. The number of thioether (sulfide) groups is 2. The molecule has 0 saturated carbocycles. The number of methoxy groups -OCH3 is 2. The fourth-order valence-corrected chi connectivity index (χ4v) is 5.63. The van der Waals surface area contributed by atoms with Gasteiger partial charge in [0.15, 0.2) is 11.5 Å². The summed E-state index contributed by atoms with van der Waals surface area (Å²) < 4.78 is 11.3. The van der Waals surface area contributed by atoms with Crippen LogP contribution < -0.4 is 14.9 Å². The lowest BCUT2D eigenvalue weighted by atomic mass is 10.2. The van der Waals surface area contributed by atoms with Gasteiger partial charge in [0.1, 0.15) is 0 Å². The van der Waals surface area contributed by atoms with Gasteiger partial charge in [0.25, 0.3) is 0 Å². The van der Waals surface area contributed by atoms with E-state index >= 15 is 0 Å². The summed E-state index contributed by atoms with van der Waals surface area (Å²) in [7, 11) is 3.15. The number of hydrogen-bond acceptors (Lipinski definition) is 6. The van der Waals surface area contributed by atoms with E-state index in [4.69, 9.17) is 9.47 Å². The zero-order valence-electron chi connectivity index (χ0n) is 13.2. The summed E-state index contributed by atoms with van der Waals surface area (Å²) >= 11 is 7.08. The van der Waals surface area contributed by atoms with Gasteiger partial charge in [-0.25, -0.2) is 5.43 Å². The molecule has 1 saturated heterocycles. The molecule has 0 spiro atoms. The van der Waals surface area contributed by atoms with Crippen LogP contribution in [0.25, 0.3) is 0 Å². The van der Waals surface area contributed by atoms with Gasteiger partial charge in [0.05, 0.1) is 35.4 Å². The van der Waals surface area contributed by atoms with Crippen molar-refractivity contribution in [2.75, 3.05) is 25.7 Å². The van der Waals surface area contributed by atoms with Crippen LogP contribution in [0.5, 0.6) is 11.5 Å². The Morgan fingerprint density at radius 2 is 2.09 bits per heavy atom. The van der Waals surface area contributed by atoms with Crippen molar-refractivity contribution in [1.82, 2.24) is 5.43 Å². The van der Waals surface area contributed by atoms with Crippen molar-refractivity contribution in [2.45, 2.75) is 17.4 Å². The molecule has 1 aliphatic heterocycles. The number of halogens is 1. The second-order valence-corrected chi connectivity index (χ2v) is 9.35. The van der Waals surface area contributed by atoms with Gasteiger partial charge in [0.2, 0.25) is 5.91 Å². The summed E-state index contributed by atoms with van der Waals surface area (Å²) in [6, 6.07) is 3.64. The van der Waals surface area contributed by atoms with Crippen molar-refractivity contribution in [3.05, 3.63) is 22.2 Å². The Labute approximate surface area is 153 Å². The van der Waals surface area contributed by atoms with E-state index in [1.807, 2.05) is 29.6 Å². The molecule has 1 amide bonds. The highest BCUT2D eigenvalue weighted by Crippen LogP contribution is 2.45. The molecule has 0 aromatic heterocycles. The zero-order valence-corrected chi connectivity index (χ0v) is 16.4. The van der Waals surface area contributed by atoms with E-state index < -0.39 is 0 Å². The first-order valence-corrected chi connectivity index (χ1v) is 9.75. The fraction of sp³-hybridized carbons (Fsp3) is 0.467. The SMILES string of the molecule is COc1cc(/C=N\NC(=O)CC2(C)SCCS2)cc(Br)c1OC. The Balaban J connectivity index is 1.97. The third kappa shape index (κ3) is 5.06. The Hall–Kier alpha value is -0.860. The molecule has 1 fully saturated rings. The van der Waals surface area contributed by atoms with Crippen LogP contribution in [0.1, 0.15) is 18.9 Å². The van der Waals surface area contributed by atoms with E-state index in [9.17, 15) is 4.79 Å². The van der Waals surface area contributed by atoms with Crippen molar-refractivity contribution in [3.8, 4) is 11.5 Å². The van der Waals surface area contributed by atoms with Crippen molar-refractivity contribution in [1.29, 1.82) is 0 Å². The standard InChI is InChI=1S/C15H19BrN2O3S2/c1-15(22-4-5-23-15)8-13(19)18-17-9-10-6-11(16)14(21-3)12(7-10)20-2/h6-7,9H,4-5,8H2,1-3H3,(H,18,19)/b17-9-. The van der Waals surface area contributed by atoms with E-state index in [1.165, 1.54) is 0 Å². The highest BCUT2D eigenvalue weighted by atomic mass is 79.9. The van der Waals surface area contributed by atoms with Gasteiger partial charge in [-0.1, -0.05) is 0 Å². The lowest BCUT2D eigenvalue weighted by Crippen LogP contribution is -2.26. The molecule has 23 heavy (non-hydrogen) atoms. The summed E-state index contributed by atoms with van der Waals surface area (Å²) in [6.45, 7) is 2.10. The molecular weight excluding hydrogens is 400 g/mol. The molecule has 1 aliphatic rings. The number of hydrogen-bond donors (Lipinski definition) is 1. The van der Waals surface area contributed by atoms with Crippen LogP contribution in [0.3, 0.4) is 0 Å². The molecule has 0 unspecified atom stereocenters. The van der Waals surface area contributed by atoms with Gasteiger partial charge in [-0.05, 0) is 40.5 Å². The molecule has 1 heterocycles. The first kappa shape index (κ1) is 18.5. The predicted octanol–water partition coefficient (Wildman–Crippen LogP) is 3.50. The monoisotopic (exact) mass is 418 g/mol. The average Bonchev–Trinajstić information content (AvgIpc) is 2.92. The topological polar surface area (TPSA) is 59.9 Å². The molecule has 2 rings (SSSR count). The molecule has 1 N–H and O–H groups in total. The highest BCUT2D eigenvalue weighted by Gasteiger charge is 2.32. The highest BCUT2D eigenvalue weighted by molar-refractivity contribution is 9.10. The van der Waals surface area contributed by atoms with Crippen LogP contribution in [-0.2, 0) is 4.79 Å². The van der Waals surface area contributed by atoms with E-state index in [0.717, 1.165) is 21.5 Å². The maximum atomic E-state index is 12.0. The number of ether oxygens (including phenoxy) is 2. The summed E-state index contributed by atoms with van der Waals surface area (Å²) in [5, 5.41) is 4.03. The summed E-state index contributed by atoms with van der Waals surface area (Å²) in [5.74, 6) is 3.33. The first-order chi connectivity index (χ1) is 11.0. The molecule has 5 nitrogen and oxygen atoms in total. The molecule has 0 bridgehead atoms. The van der Waals surface area contributed by atoms with Gasteiger partial charge in [-0.15, -0.1) is 23.5 Å². The van der Waals surface area contributed by atoms with Crippen LogP contribution >= 0.6 is 39.5 Å². The van der Waals surface area contributed by atoms with Crippen LogP contribution in [-0.4, -0.2) is 41.9 Å². The summed E-state index contributed by atoms with van der Waals surface area (Å²) in [4.78, 5) is 12.0. The quantitative estimate of drug-likeness (QED) is 0.565. The third-order valence-corrected chi connectivity index (χ3v) is 7.12.